The van der Waals surface area contributed by atoms with Gasteiger partial charge in [-0.2, -0.15) is 0 Å². The van der Waals surface area contributed by atoms with Crippen molar-refractivity contribution in [2.75, 3.05) is 26.4 Å². The van der Waals surface area contributed by atoms with Crippen molar-refractivity contribution < 1.29 is 8.42 Å². The fourth-order valence-corrected chi connectivity index (χ4v) is 3.94. The molecule has 0 saturated carbocycles. The predicted molar refractivity (Wildman–Crippen MR) is 80.7 cm³/mol. The molecule has 0 bridgehead atoms. The van der Waals surface area contributed by atoms with E-state index >= 15 is 0 Å². The Kier molecular flexibility index (Phi) is 7.32. The maximum Gasteiger partial charge on any atom is 0.211 e. The minimum Gasteiger partial charge on any atom is -0.317 e. The lowest BCUT2D eigenvalue weighted by molar-refractivity contribution is 0.250. The molecule has 0 aromatic rings. The van der Waals surface area contributed by atoms with Crippen molar-refractivity contribution in [3.8, 4) is 0 Å². The Balaban J connectivity index is 2.29. The number of nitrogens with zero attached hydrogens (tertiary/aromatic N) is 1. The Bertz CT molecular complexity index is 343. The smallest absolute Gasteiger partial charge is 0.211 e. The lowest BCUT2D eigenvalue weighted by Gasteiger charge is -2.31. The molecule has 0 aromatic heterocycles. The first kappa shape index (κ1) is 16.9. The Morgan fingerprint density at radius 1 is 1.37 bits per heavy atom. The van der Waals surface area contributed by atoms with Crippen molar-refractivity contribution in [3.05, 3.63) is 0 Å². The van der Waals surface area contributed by atoms with Crippen LogP contribution in [0.4, 0.5) is 0 Å². The van der Waals surface area contributed by atoms with Gasteiger partial charge >= 0.3 is 0 Å². The summed E-state index contributed by atoms with van der Waals surface area (Å²) in [6.07, 6.45) is 9.55. The van der Waals surface area contributed by atoms with Crippen molar-refractivity contribution in [3.63, 3.8) is 0 Å². The topological polar surface area (TPSA) is 49.4 Å². The molecule has 0 amide bonds. The molecule has 1 N–H and O–H groups in total. The molecule has 0 spiro atoms. The van der Waals surface area contributed by atoms with Gasteiger partial charge in [0, 0.05) is 19.1 Å². The average Bonchev–Trinajstić information content (AvgIpc) is 2.37. The highest BCUT2D eigenvalue weighted by atomic mass is 32.2. The zero-order chi connectivity index (χ0) is 14.3. The summed E-state index contributed by atoms with van der Waals surface area (Å²) in [4.78, 5) is 0. The summed E-state index contributed by atoms with van der Waals surface area (Å²) in [7, 11) is -0.958. The first-order valence-electron chi connectivity index (χ1n) is 7.59. The maximum absolute atomic E-state index is 11.6. The van der Waals surface area contributed by atoms with Gasteiger partial charge in [0.05, 0.1) is 6.26 Å². The van der Waals surface area contributed by atoms with Gasteiger partial charge < -0.3 is 5.32 Å². The Morgan fingerprint density at radius 2 is 2.11 bits per heavy atom. The molecule has 1 fully saturated rings. The van der Waals surface area contributed by atoms with E-state index in [-0.39, 0.29) is 0 Å². The number of hydrogen-bond donors (Lipinski definition) is 1. The maximum atomic E-state index is 11.6. The summed E-state index contributed by atoms with van der Waals surface area (Å²) in [6, 6.07) is 0.625. The molecule has 2 unspecified atom stereocenters. The monoisotopic (exact) mass is 290 g/mol. The third kappa shape index (κ3) is 6.23. The number of nitrogens with one attached hydrogen (secondary N) is 1. The molecule has 4 nitrogen and oxygen atoms in total. The van der Waals surface area contributed by atoms with Crippen LogP contribution < -0.4 is 5.32 Å². The second-order valence-corrected chi connectivity index (χ2v) is 7.82. The zero-order valence-corrected chi connectivity index (χ0v) is 13.5. The van der Waals surface area contributed by atoms with Crippen LogP contribution >= 0.6 is 0 Å². The highest BCUT2D eigenvalue weighted by Gasteiger charge is 2.25. The van der Waals surface area contributed by atoms with Crippen LogP contribution in [-0.4, -0.2) is 45.2 Å². The van der Waals surface area contributed by atoms with Crippen molar-refractivity contribution >= 4 is 10.0 Å². The summed E-state index contributed by atoms with van der Waals surface area (Å²) in [5, 5.41) is 3.37. The minimum atomic E-state index is -2.99. The van der Waals surface area contributed by atoms with Crippen LogP contribution in [0.1, 0.15) is 51.9 Å². The van der Waals surface area contributed by atoms with Crippen LogP contribution in [0.2, 0.25) is 0 Å². The van der Waals surface area contributed by atoms with E-state index in [1.807, 2.05) is 7.05 Å². The van der Waals surface area contributed by atoms with Crippen molar-refractivity contribution in [1.29, 1.82) is 0 Å². The molecular formula is C14H30N2O2S. The van der Waals surface area contributed by atoms with Crippen molar-refractivity contribution in [2.45, 2.75) is 57.9 Å². The predicted octanol–water partition coefficient (Wildman–Crippen LogP) is 2.22. The van der Waals surface area contributed by atoms with Crippen LogP contribution in [0.15, 0.2) is 0 Å². The molecule has 114 valence electrons. The Hall–Kier alpha value is -0.130. The molecule has 1 saturated heterocycles. The van der Waals surface area contributed by atoms with E-state index in [1.54, 1.807) is 4.31 Å². The summed E-state index contributed by atoms with van der Waals surface area (Å²) < 4.78 is 24.8. The first-order valence-corrected chi connectivity index (χ1v) is 9.44. The van der Waals surface area contributed by atoms with Crippen LogP contribution in [-0.2, 0) is 10.0 Å². The highest BCUT2D eigenvalue weighted by molar-refractivity contribution is 7.88. The Morgan fingerprint density at radius 3 is 2.68 bits per heavy atom. The molecule has 5 heteroatoms. The van der Waals surface area contributed by atoms with Gasteiger partial charge in [-0.3, -0.25) is 0 Å². The molecule has 19 heavy (non-hydrogen) atoms. The number of rotatable bonds is 8. The van der Waals surface area contributed by atoms with Gasteiger partial charge in [-0.1, -0.05) is 19.8 Å². The molecule has 1 rings (SSSR count). The van der Waals surface area contributed by atoms with Gasteiger partial charge in [0.25, 0.3) is 0 Å². The normalized spacial score (nSPS) is 23.4. The second-order valence-electron chi connectivity index (χ2n) is 5.83. The van der Waals surface area contributed by atoms with Gasteiger partial charge in [0.2, 0.25) is 10.0 Å². The molecule has 0 radical (unpaired) electrons. The van der Waals surface area contributed by atoms with Crippen LogP contribution in [0.3, 0.4) is 0 Å². The molecule has 1 aliphatic heterocycles. The van der Waals surface area contributed by atoms with Gasteiger partial charge in [-0.15, -0.1) is 0 Å². The summed E-state index contributed by atoms with van der Waals surface area (Å²) >= 11 is 0. The van der Waals surface area contributed by atoms with Crippen molar-refractivity contribution in [2.24, 2.45) is 5.92 Å². The van der Waals surface area contributed by atoms with Crippen molar-refractivity contribution in [1.82, 2.24) is 9.62 Å². The third-order valence-electron chi connectivity index (χ3n) is 4.16. The fourth-order valence-electron chi connectivity index (χ4n) is 3.00. The van der Waals surface area contributed by atoms with Gasteiger partial charge in [-0.05, 0) is 45.1 Å². The molecule has 0 aromatic carbocycles. The van der Waals surface area contributed by atoms with E-state index in [0.717, 1.165) is 19.4 Å². The van der Waals surface area contributed by atoms with E-state index in [4.69, 9.17) is 0 Å². The lowest BCUT2D eigenvalue weighted by atomic mass is 9.92. The Labute approximate surface area is 119 Å². The number of piperidine rings is 1. The number of sulfonamides is 1. The molecule has 0 aliphatic carbocycles. The standard InChI is InChI=1S/C14H30N2O2S/c1-4-7-14(15-2)10-5-8-13-9-6-11-16(12-13)19(3,17)18/h13-15H,4-12H2,1-3H3. The SMILES string of the molecule is CCCC(CCCC1CCCN(S(C)(=O)=O)C1)NC. The molecule has 2 atom stereocenters. The molecule has 1 heterocycles. The quantitative estimate of drug-likeness (QED) is 0.745. The van der Waals surface area contributed by atoms with E-state index in [2.05, 4.69) is 12.2 Å². The van der Waals surface area contributed by atoms with E-state index < -0.39 is 10.0 Å². The zero-order valence-electron chi connectivity index (χ0n) is 12.7. The molecule has 1 aliphatic rings. The fraction of sp³-hybridized carbons (Fsp3) is 1.00. The highest BCUT2D eigenvalue weighted by Crippen LogP contribution is 2.23. The van der Waals surface area contributed by atoms with Gasteiger partial charge in [-0.25, -0.2) is 12.7 Å². The van der Waals surface area contributed by atoms with E-state index in [1.165, 1.54) is 38.4 Å². The summed E-state index contributed by atoms with van der Waals surface area (Å²) in [5.41, 5.74) is 0. The van der Waals surface area contributed by atoms with Crippen LogP contribution in [0.5, 0.6) is 0 Å². The number of hydrogen-bond acceptors (Lipinski definition) is 3. The second kappa shape index (κ2) is 8.22. The lowest BCUT2D eigenvalue weighted by Crippen LogP contribution is -2.39. The average molecular weight is 290 g/mol. The van der Waals surface area contributed by atoms with E-state index in [9.17, 15) is 8.42 Å². The molecular weight excluding hydrogens is 260 g/mol. The van der Waals surface area contributed by atoms with E-state index in [0.29, 0.717) is 18.5 Å². The van der Waals surface area contributed by atoms with Crippen LogP contribution in [0.25, 0.3) is 0 Å². The summed E-state index contributed by atoms with van der Waals surface area (Å²) in [5.74, 6) is 0.558. The largest absolute Gasteiger partial charge is 0.317 e. The first-order chi connectivity index (χ1) is 8.97. The van der Waals surface area contributed by atoms with Gasteiger partial charge in [0.1, 0.15) is 0 Å². The van der Waals surface area contributed by atoms with Gasteiger partial charge in [0.15, 0.2) is 0 Å². The summed E-state index contributed by atoms with van der Waals surface area (Å²) in [6.45, 7) is 3.66. The minimum absolute atomic E-state index is 0.558. The third-order valence-corrected chi connectivity index (χ3v) is 5.43. The van der Waals surface area contributed by atoms with Crippen LogP contribution in [0, 0.1) is 5.92 Å².